The Balaban J connectivity index is 2.93. The average molecular weight is 154 g/mol. The molecule has 0 amide bonds. The lowest BCUT2D eigenvalue weighted by Gasteiger charge is -2.05. The van der Waals surface area contributed by atoms with Crippen molar-refractivity contribution >= 4 is 0 Å². The topological polar surface area (TPSA) is 62.0 Å². The Kier molecular flexibility index (Phi) is 2.31. The third-order valence-electron chi connectivity index (χ3n) is 1.77. The van der Waals surface area contributed by atoms with Crippen LogP contribution in [0.25, 0.3) is 0 Å². The lowest BCUT2D eigenvalue weighted by molar-refractivity contribution is 0.186. The van der Waals surface area contributed by atoms with Crippen molar-refractivity contribution in [2.45, 2.75) is 20.0 Å². The molecule has 1 aromatic rings. The first-order chi connectivity index (χ1) is 5.15. The van der Waals surface area contributed by atoms with Crippen molar-refractivity contribution in [3.05, 3.63) is 23.0 Å². The van der Waals surface area contributed by atoms with Gasteiger partial charge in [0.1, 0.15) is 0 Å². The molecule has 11 heavy (non-hydrogen) atoms. The van der Waals surface area contributed by atoms with E-state index in [1.165, 1.54) is 0 Å². The quantitative estimate of drug-likeness (QED) is 0.585. The van der Waals surface area contributed by atoms with Gasteiger partial charge in [-0.25, -0.2) is 0 Å². The van der Waals surface area contributed by atoms with Crippen LogP contribution in [0.1, 0.15) is 23.1 Å². The van der Waals surface area contributed by atoms with Crippen LogP contribution in [0.5, 0.6) is 0 Å². The van der Waals surface area contributed by atoms with Gasteiger partial charge in [0.15, 0.2) is 0 Å². The zero-order valence-electron chi connectivity index (χ0n) is 6.89. The van der Waals surface area contributed by atoms with E-state index in [0.29, 0.717) is 0 Å². The number of hydrogen-bond donors (Lipinski definition) is 3. The number of aryl methyl sites for hydroxylation is 2. The lowest BCUT2D eigenvalue weighted by atomic mass is 10.1. The molecule has 1 heterocycles. The molecule has 1 rings (SSSR count). The second-order valence-electron chi connectivity index (χ2n) is 2.78. The number of aromatic amines is 1. The molecule has 0 spiro atoms. The predicted molar refractivity (Wildman–Crippen MR) is 44.3 cm³/mol. The fourth-order valence-electron chi connectivity index (χ4n) is 1.22. The van der Waals surface area contributed by atoms with Crippen molar-refractivity contribution in [2.24, 2.45) is 5.73 Å². The largest absolute Gasteiger partial charge is 0.387 e. The first-order valence-electron chi connectivity index (χ1n) is 3.69. The molecule has 0 aromatic carbocycles. The smallest absolute Gasteiger partial charge is 0.0929 e. The lowest BCUT2D eigenvalue weighted by Crippen LogP contribution is -2.11. The minimum atomic E-state index is -0.528. The summed E-state index contributed by atoms with van der Waals surface area (Å²) >= 11 is 0. The van der Waals surface area contributed by atoms with Crippen molar-refractivity contribution in [3.8, 4) is 0 Å². The number of nitrogens with one attached hydrogen (secondary N) is 1. The Hall–Kier alpha value is -0.800. The van der Waals surface area contributed by atoms with E-state index >= 15 is 0 Å². The summed E-state index contributed by atoms with van der Waals surface area (Å²) in [6.07, 6.45) is -0.528. The maximum Gasteiger partial charge on any atom is 0.0929 e. The van der Waals surface area contributed by atoms with Gasteiger partial charge in [-0.05, 0) is 19.9 Å². The minimum absolute atomic E-state index is 0.276. The standard InChI is InChI=1S/C8H14N2O/c1-5-3-7(6(2)10-5)8(11)4-9/h3,8,10-11H,4,9H2,1-2H3. The van der Waals surface area contributed by atoms with Crippen molar-refractivity contribution in [1.29, 1.82) is 0 Å². The second-order valence-corrected chi connectivity index (χ2v) is 2.78. The maximum atomic E-state index is 9.38. The third-order valence-corrected chi connectivity index (χ3v) is 1.77. The zero-order valence-corrected chi connectivity index (χ0v) is 6.89. The van der Waals surface area contributed by atoms with Crippen LogP contribution in [0.4, 0.5) is 0 Å². The van der Waals surface area contributed by atoms with Crippen molar-refractivity contribution in [1.82, 2.24) is 4.98 Å². The fraction of sp³-hybridized carbons (Fsp3) is 0.500. The molecule has 0 bridgehead atoms. The molecule has 0 saturated heterocycles. The molecule has 3 nitrogen and oxygen atoms in total. The number of aliphatic hydroxyl groups excluding tert-OH is 1. The van der Waals surface area contributed by atoms with Gasteiger partial charge >= 0.3 is 0 Å². The molecule has 0 aliphatic rings. The first-order valence-corrected chi connectivity index (χ1v) is 3.69. The van der Waals surface area contributed by atoms with Crippen LogP contribution in [0.3, 0.4) is 0 Å². The van der Waals surface area contributed by atoms with Gasteiger partial charge in [0.25, 0.3) is 0 Å². The summed E-state index contributed by atoms with van der Waals surface area (Å²) in [6, 6.07) is 1.92. The Labute approximate surface area is 66.2 Å². The number of nitrogens with two attached hydrogens (primary N) is 1. The number of hydrogen-bond acceptors (Lipinski definition) is 2. The van der Waals surface area contributed by atoms with Crippen molar-refractivity contribution in [2.75, 3.05) is 6.54 Å². The highest BCUT2D eigenvalue weighted by molar-refractivity contribution is 5.26. The summed E-state index contributed by atoms with van der Waals surface area (Å²) in [5.74, 6) is 0. The molecule has 0 fully saturated rings. The Morgan fingerprint density at radius 1 is 1.64 bits per heavy atom. The molecule has 0 radical (unpaired) electrons. The summed E-state index contributed by atoms with van der Waals surface area (Å²) in [4.78, 5) is 3.11. The SMILES string of the molecule is Cc1cc(C(O)CN)c(C)[nH]1. The van der Waals surface area contributed by atoms with Gasteiger partial charge in [0.2, 0.25) is 0 Å². The van der Waals surface area contributed by atoms with Crippen LogP contribution in [0.2, 0.25) is 0 Å². The van der Waals surface area contributed by atoms with Crippen LogP contribution in [0, 0.1) is 13.8 Å². The third kappa shape index (κ3) is 1.61. The van der Waals surface area contributed by atoms with Gasteiger partial charge in [0, 0.05) is 23.5 Å². The van der Waals surface area contributed by atoms with Gasteiger partial charge in [-0.3, -0.25) is 0 Å². The molecular formula is C8H14N2O. The highest BCUT2D eigenvalue weighted by atomic mass is 16.3. The van der Waals surface area contributed by atoms with E-state index < -0.39 is 6.10 Å². The predicted octanol–water partition coefficient (Wildman–Crippen LogP) is 0.624. The molecule has 62 valence electrons. The molecule has 0 aliphatic carbocycles. The minimum Gasteiger partial charge on any atom is -0.387 e. The maximum absolute atomic E-state index is 9.38. The number of aliphatic hydroxyl groups is 1. The van der Waals surface area contributed by atoms with Gasteiger partial charge in [-0.1, -0.05) is 0 Å². The van der Waals surface area contributed by atoms with Gasteiger partial charge < -0.3 is 15.8 Å². The van der Waals surface area contributed by atoms with Crippen LogP contribution < -0.4 is 5.73 Å². The van der Waals surface area contributed by atoms with E-state index in [1.54, 1.807) is 0 Å². The Morgan fingerprint density at radius 2 is 2.27 bits per heavy atom. The van der Waals surface area contributed by atoms with Crippen LogP contribution in [-0.2, 0) is 0 Å². The van der Waals surface area contributed by atoms with Crippen LogP contribution >= 0.6 is 0 Å². The summed E-state index contributed by atoms with van der Waals surface area (Å²) in [7, 11) is 0. The molecule has 0 saturated carbocycles. The summed E-state index contributed by atoms with van der Waals surface area (Å²) in [5.41, 5.74) is 8.29. The normalized spacial score (nSPS) is 13.5. The number of aromatic nitrogens is 1. The molecule has 1 atom stereocenters. The van der Waals surface area contributed by atoms with Crippen molar-refractivity contribution in [3.63, 3.8) is 0 Å². The molecule has 0 aliphatic heterocycles. The highest BCUT2D eigenvalue weighted by Crippen LogP contribution is 2.16. The van der Waals surface area contributed by atoms with Gasteiger partial charge in [0.05, 0.1) is 6.10 Å². The molecule has 1 unspecified atom stereocenters. The number of rotatable bonds is 2. The fourth-order valence-corrected chi connectivity index (χ4v) is 1.22. The van der Waals surface area contributed by atoms with Crippen LogP contribution in [-0.4, -0.2) is 16.6 Å². The van der Waals surface area contributed by atoms with E-state index in [9.17, 15) is 5.11 Å². The molecule has 3 heteroatoms. The summed E-state index contributed by atoms with van der Waals surface area (Å²) < 4.78 is 0. The average Bonchev–Trinajstić information content (AvgIpc) is 2.28. The number of H-pyrrole nitrogens is 1. The molecule has 4 N–H and O–H groups in total. The van der Waals surface area contributed by atoms with Crippen molar-refractivity contribution < 1.29 is 5.11 Å². The molecule has 1 aromatic heterocycles. The van der Waals surface area contributed by atoms with Gasteiger partial charge in [-0.15, -0.1) is 0 Å². The Bertz CT molecular complexity index is 242. The monoisotopic (exact) mass is 154 g/mol. The second kappa shape index (κ2) is 3.07. The first kappa shape index (κ1) is 8.30. The molecular weight excluding hydrogens is 140 g/mol. The summed E-state index contributed by atoms with van der Waals surface area (Å²) in [6.45, 7) is 4.17. The van der Waals surface area contributed by atoms with Gasteiger partial charge in [-0.2, -0.15) is 0 Å². The van der Waals surface area contributed by atoms with Crippen LogP contribution in [0.15, 0.2) is 6.07 Å². The summed E-state index contributed by atoms with van der Waals surface area (Å²) in [5, 5.41) is 9.38. The van der Waals surface area contributed by atoms with E-state index in [0.717, 1.165) is 17.0 Å². The van der Waals surface area contributed by atoms with E-state index in [2.05, 4.69) is 4.98 Å². The van der Waals surface area contributed by atoms with E-state index in [-0.39, 0.29) is 6.54 Å². The highest BCUT2D eigenvalue weighted by Gasteiger charge is 2.09. The van der Waals surface area contributed by atoms with E-state index in [1.807, 2.05) is 19.9 Å². The zero-order chi connectivity index (χ0) is 8.43. The Morgan fingerprint density at radius 3 is 2.64 bits per heavy atom. The van der Waals surface area contributed by atoms with E-state index in [4.69, 9.17) is 5.73 Å².